The lowest BCUT2D eigenvalue weighted by molar-refractivity contribution is -0.244. The molecule has 0 amide bonds. The summed E-state index contributed by atoms with van der Waals surface area (Å²) in [6.07, 6.45) is -2.90. The van der Waals surface area contributed by atoms with Crippen molar-refractivity contribution < 1.29 is 23.4 Å². The molecule has 116 valence electrons. The Morgan fingerprint density at radius 2 is 1.50 bits per heavy atom. The molecule has 0 aliphatic rings. The van der Waals surface area contributed by atoms with Gasteiger partial charge in [0.2, 0.25) is 5.60 Å². The molecule has 2 nitrogen and oxygen atoms in total. The minimum Gasteiger partial charge on any atom is -0.392 e. The third kappa shape index (κ3) is 3.37. The Balaban J connectivity index is 2.41. The number of hydrogen-bond donors (Lipinski definition) is 2. The van der Waals surface area contributed by atoms with Gasteiger partial charge >= 0.3 is 6.18 Å². The van der Waals surface area contributed by atoms with E-state index in [0.717, 1.165) is 18.2 Å². The van der Waals surface area contributed by atoms with E-state index in [4.69, 9.17) is 5.11 Å². The van der Waals surface area contributed by atoms with Crippen molar-refractivity contribution in [2.45, 2.75) is 18.4 Å². The molecule has 0 spiro atoms. The quantitative estimate of drug-likeness (QED) is 0.905. The Bertz CT molecular complexity index is 633. The summed E-state index contributed by atoms with van der Waals surface area (Å²) in [5, 5.41) is 19.1. The zero-order chi connectivity index (χ0) is 16.2. The highest BCUT2D eigenvalue weighted by molar-refractivity contribution is 5.52. The van der Waals surface area contributed by atoms with Gasteiger partial charge in [-0.3, -0.25) is 0 Å². The average Bonchev–Trinajstić information content (AvgIpc) is 2.52. The summed E-state index contributed by atoms with van der Waals surface area (Å²) in [4.78, 5) is 0. The molecule has 0 heterocycles. The normalized spacial score (nSPS) is 15.0. The van der Waals surface area contributed by atoms with Crippen LogP contribution in [-0.4, -0.2) is 16.4 Å². The lowest BCUT2D eigenvalue weighted by Gasteiger charge is -2.28. The smallest absolute Gasteiger partial charge is 0.392 e. The molecule has 0 aromatic heterocycles. The van der Waals surface area contributed by atoms with E-state index in [-0.39, 0.29) is 12.2 Å². The van der Waals surface area contributed by atoms with Crippen LogP contribution in [0.1, 0.15) is 16.7 Å². The Morgan fingerprint density at radius 1 is 0.909 bits per heavy atom. The number of halogens is 3. The molecule has 5 heteroatoms. The molecule has 0 saturated heterocycles. The fourth-order valence-electron chi connectivity index (χ4n) is 2.00. The van der Waals surface area contributed by atoms with Gasteiger partial charge in [-0.1, -0.05) is 60.7 Å². The van der Waals surface area contributed by atoms with Crippen LogP contribution in [0, 0.1) is 0 Å². The van der Waals surface area contributed by atoms with Crippen molar-refractivity contribution in [2.24, 2.45) is 0 Å². The van der Waals surface area contributed by atoms with Gasteiger partial charge in [0, 0.05) is 0 Å². The highest BCUT2D eigenvalue weighted by Gasteiger charge is 2.53. The summed E-state index contributed by atoms with van der Waals surface area (Å²) < 4.78 is 40.0. The number of hydrogen-bond acceptors (Lipinski definition) is 2. The van der Waals surface area contributed by atoms with Gasteiger partial charge < -0.3 is 10.2 Å². The summed E-state index contributed by atoms with van der Waals surface area (Å²) in [5.74, 6) is 0. The molecule has 0 fully saturated rings. The van der Waals surface area contributed by atoms with Gasteiger partial charge in [-0.25, -0.2) is 0 Å². The summed E-state index contributed by atoms with van der Waals surface area (Å²) in [5.41, 5.74) is -2.36. The monoisotopic (exact) mass is 308 g/mol. The predicted molar refractivity (Wildman–Crippen MR) is 77.8 cm³/mol. The van der Waals surface area contributed by atoms with Crippen molar-refractivity contribution in [2.75, 3.05) is 0 Å². The maximum Gasteiger partial charge on any atom is 0.425 e. The molecule has 0 radical (unpaired) electrons. The minimum absolute atomic E-state index is 0.273. The second-order valence-electron chi connectivity index (χ2n) is 4.86. The first-order valence-corrected chi connectivity index (χ1v) is 6.60. The second-order valence-corrected chi connectivity index (χ2v) is 4.86. The van der Waals surface area contributed by atoms with E-state index in [1.54, 1.807) is 30.3 Å². The molecule has 1 unspecified atom stereocenters. The highest BCUT2D eigenvalue weighted by Crippen LogP contribution is 2.40. The third-order valence-corrected chi connectivity index (χ3v) is 3.33. The van der Waals surface area contributed by atoms with Crippen LogP contribution in [0.5, 0.6) is 0 Å². The maximum absolute atomic E-state index is 13.3. The SMILES string of the molecule is OCc1ccc(C(O)(C=Cc2ccccc2)C(F)(F)F)cc1. The maximum atomic E-state index is 13.3. The molecule has 2 aromatic rings. The van der Waals surface area contributed by atoms with E-state index < -0.39 is 11.8 Å². The van der Waals surface area contributed by atoms with E-state index in [9.17, 15) is 18.3 Å². The minimum atomic E-state index is -4.86. The van der Waals surface area contributed by atoms with E-state index in [0.29, 0.717) is 11.1 Å². The first kappa shape index (κ1) is 16.3. The number of alkyl halides is 3. The van der Waals surface area contributed by atoms with Crippen LogP contribution < -0.4 is 0 Å². The Hall–Kier alpha value is -2.11. The van der Waals surface area contributed by atoms with Gasteiger partial charge in [0.15, 0.2) is 0 Å². The van der Waals surface area contributed by atoms with Gasteiger partial charge in [-0.2, -0.15) is 13.2 Å². The molecular formula is C17H15F3O2. The summed E-state index contributed by atoms with van der Waals surface area (Å²) in [6, 6.07) is 13.4. The van der Waals surface area contributed by atoms with Crippen molar-refractivity contribution in [1.29, 1.82) is 0 Å². The Kier molecular flexibility index (Phi) is 4.68. The van der Waals surface area contributed by atoms with Gasteiger partial charge in [0.1, 0.15) is 0 Å². The van der Waals surface area contributed by atoms with Crippen LogP contribution in [0.2, 0.25) is 0 Å². The second kappa shape index (κ2) is 6.34. The molecule has 0 aliphatic carbocycles. The van der Waals surface area contributed by atoms with Crippen molar-refractivity contribution in [3.63, 3.8) is 0 Å². The highest BCUT2D eigenvalue weighted by atomic mass is 19.4. The van der Waals surface area contributed by atoms with Crippen molar-refractivity contribution in [3.8, 4) is 0 Å². The van der Waals surface area contributed by atoms with Crippen LogP contribution in [0.15, 0.2) is 60.7 Å². The number of aliphatic hydroxyl groups is 2. The standard InChI is InChI=1S/C17H15F3O2/c18-17(19,20)16(22,11-10-13-4-2-1-3-5-13)15-8-6-14(12-21)7-9-15/h1-11,21-22H,12H2. The van der Waals surface area contributed by atoms with Gasteiger partial charge in [0.25, 0.3) is 0 Å². The number of aliphatic hydroxyl groups excluding tert-OH is 1. The molecule has 1 atom stereocenters. The van der Waals surface area contributed by atoms with E-state index in [1.165, 1.54) is 18.2 Å². The van der Waals surface area contributed by atoms with Crippen LogP contribution in [0.3, 0.4) is 0 Å². The fraction of sp³-hybridized carbons (Fsp3) is 0.176. The molecule has 0 aliphatic heterocycles. The fourth-order valence-corrected chi connectivity index (χ4v) is 2.00. The topological polar surface area (TPSA) is 40.5 Å². The van der Waals surface area contributed by atoms with Crippen LogP contribution in [-0.2, 0) is 12.2 Å². The van der Waals surface area contributed by atoms with Gasteiger partial charge in [-0.15, -0.1) is 0 Å². The predicted octanol–water partition coefficient (Wildman–Crippen LogP) is 3.64. The third-order valence-electron chi connectivity index (χ3n) is 3.33. The van der Waals surface area contributed by atoms with Gasteiger partial charge in [-0.05, 0) is 22.8 Å². The molecule has 2 N–H and O–H groups in total. The number of benzene rings is 2. The first-order chi connectivity index (χ1) is 10.4. The van der Waals surface area contributed by atoms with E-state index >= 15 is 0 Å². The van der Waals surface area contributed by atoms with Crippen molar-refractivity contribution >= 4 is 6.08 Å². The molecule has 2 rings (SSSR count). The van der Waals surface area contributed by atoms with Crippen LogP contribution >= 0.6 is 0 Å². The zero-order valence-electron chi connectivity index (χ0n) is 11.6. The zero-order valence-corrected chi connectivity index (χ0v) is 11.6. The van der Waals surface area contributed by atoms with Gasteiger partial charge in [0.05, 0.1) is 6.61 Å². The molecule has 0 bridgehead atoms. The lowest BCUT2D eigenvalue weighted by Crippen LogP contribution is -2.40. The summed E-state index contributed by atoms with van der Waals surface area (Å²) in [7, 11) is 0. The molecule has 22 heavy (non-hydrogen) atoms. The summed E-state index contributed by atoms with van der Waals surface area (Å²) >= 11 is 0. The molecular weight excluding hydrogens is 293 g/mol. The summed E-state index contributed by atoms with van der Waals surface area (Å²) in [6.45, 7) is -0.273. The first-order valence-electron chi connectivity index (χ1n) is 6.60. The largest absolute Gasteiger partial charge is 0.425 e. The molecule has 0 saturated carbocycles. The number of rotatable bonds is 4. The van der Waals surface area contributed by atoms with Crippen molar-refractivity contribution in [3.05, 3.63) is 77.4 Å². The lowest BCUT2D eigenvalue weighted by atomic mass is 9.91. The van der Waals surface area contributed by atoms with E-state index in [1.807, 2.05) is 0 Å². The molecule has 2 aromatic carbocycles. The van der Waals surface area contributed by atoms with Crippen molar-refractivity contribution in [1.82, 2.24) is 0 Å². The van der Waals surface area contributed by atoms with Crippen LogP contribution in [0.4, 0.5) is 13.2 Å². The van der Waals surface area contributed by atoms with E-state index in [2.05, 4.69) is 0 Å². The van der Waals surface area contributed by atoms with Crippen LogP contribution in [0.25, 0.3) is 6.08 Å². The Labute approximate surface area is 126 Å². The average molecular weight is 308 g/mol. The Morgan fingerprint density at radius 3 is 2.00 bits per heavy atom.